The van der Waals surface area contributed by atoms with Gasteiger partial charge < -0.3 is 18.7 Å². The summed E-state index contributed by atoms with van der Waals surface area (Å²) in [6.07, 6.45) is 0. The summed E-state index contributed by atoms with van der Waals surface area (Å²) in [6.45, 7) is 1.88. The molecule has 0 atom stereocenters. The molecule has 0 fully saturated rings. The Morgan fingerprint density at radius 3 is 2.52 bits per heavy atom. The summed E-state index contributed by atoms with van der Waals surface area (Å²) in [5.74, 6) is 2.62. The smallest absolute Gasteiger partial charge is 0.280 e. The van der Waals surface area contributed by atoms with Crippen molar-refractivity contribution in [2.45, 2.75) is 6.92 Å². The van der Waals surface area contributed by atoms with Crippen LogP contribution in [0, 0.1) is 6.92 Å². The molecular formula is C20H19N5O4. The van der Waals surface area contributed by atoms with Crippen LogP contribution in [0.5, 0.6) is 17.2 Å². The van der Waals surface area contributed by atoms with E-state index in [1.807, 2.05) is 37.3 Å². The number of hydrogen-bond donors (Lipinski definition) is 0. The summed E-state index contributed by atoms with van der Waals surface area (Å²) in [6, 6.07) is 12.9. The van der Waals surface area contributed by atoms with Crippen molar-refractivity contribution in [3.05, 3.63) is 48.2 Å². The van der Waals surface area contributed by atoms with Crippen molar-refractivity contribution in [2.24, 2.45) is 0 Å². The Bertz CT molecular complexity index is 1150. The van der Waals surface area contributed by atoms with Crippen LogP contribution in [-0.4, -0.2) is 46.5 Å². The third-order valence-electron chi connectivity index (χ3n) is 4.46. The molecule has 29 heavy (non-hydrogen) atoms. The van der Waals surface area contributed by atoms with E-state index in [4.69, 9.17) is 18.7 Å². The Labute approximate surface area is 166 Å². The van der Waals surface area contributed by atoms with Crippen molar-refractivity contribution in [2.75, 3.05) is 21.3 Å². The van der Waals surface area contributed by atoms with Crippen LogP contribution in [-0.2, 0) is 0 Å². The second-order valence-corrected chi connectivity index (χ2v) is 6.13. The van der Waals surface area contributed by atoms with Crippen LogP contribution in [0.15, 0.2) is 47.0 Å². The molecule has 0 saturated heterocycles. The Morgan fingerprint density at radius 1 is 0.931 bits per heavy atom. The molecule has 0 aliphatic heterocycles. The van der Waals surface area contributed by atoms with Gasteiger partial charge in [0.25, 0.3) is 5.89 Å². The van der Waals surface area contributed by atoms with Gasteiger partial charge >= 0.3 is 0 Å². The maximum atomic E-state index is 5.44. The second kappa shape index (κ2) is 7.63. The number of ether oxygens (including phenoxy) is 3. The van der Waals surface area contributed by atoms with E-state index >= 15 is 0 Å². The zero-order valence-electron chi connectivity index (χ0n) is 16.4. The minimum absolute atomic E-state index is 0.279. The summed E-state index contributed by atoms with van der Waals surface area (Å²) in [7, 11) is 4.77. The molecule has 0 aliphatic carbocycles. The lowest BCUT2D eigenvalue weighted by molar-refractivity contribution is 0.355. The van der Waals surface area contributed by atoms with Crippen LogP contribution < -0.4 is 14.2 Å². The molecule has 9 nitrogen and oxygen atoms in total. The van der Waals surface area contributed by atoms with Crippen molar-refractivity contribution in [3.63, 3.8) is 0 Å². The lowest BCUT2D eigenvalue weighted by Gasteiger charge is -2.07. The largest absolute Gasteiger partial charge is 0.497 e. The van der Waals surface area contributed by atoms with E-state index in [1.165, 1.54) is 0 Å². The van der Waals surface area contributed by atoms with Gasteiger partial charge in [0.05, 0.1) is 32.7 Å². The quantitative estimate of drug-likeness (QED) is 0.492. The van der Waals surface area contributed by atoms with Gasteiger partial charge in [-0.15, -0.1) is 5.10 Å². The highest BCUT2D eigenvalue weighted by Crippen LogP contribution is 2.32. The van der Waals surface area contributed by atoms with E-state index in [2.05, 4.69) is 20.5 Å². The van der Waals surface area contributed by atoms with Gasteiger partial charge in [0.1, 0.15) is 5.75 Å². The third kappa shape index (κ3) is 3.38. The maximum absolute atomic E-state index is 5.44. The molecule has 0 radical (unpaired) electrons. The van der Waals surface area contributed by atoms with Crippen LogP contribution >= 0.6 is 0 Å². The van der Waals surface area contributed by atoms with Gasteiger partial charge in [-0.05, 0) is 37.3 Å². The molecule has 0 bridgehead atoms. The SMILES string of the molecule is COc1cccc(-n2nnc(-c3nc(-c4ccc(OC)c(OC)c4)no3)c2C)c1. The molecule has 0 saturated carbocycles. The number of methoxy groups -OCH3 is 3. The van der Waals surface area contributed by atoms with Gasteiger partial charge in [-0.25, -0.2) is 4.68 Å². The Balaban J connectivity index is 1.68. The van der Waals surface area contributed by atoms with E-state index in [0.29, 0.717) is 23.0 Å². The summed E-state index contributed by atoms with van der Waals surface area (Å²) in [5.41, 5.74) is 2.82. The number of nitrogens with zero attached hydrogens (tertiary/aromatic N) is 5. The highest BCUT2D eigenvalue weighted by atomic mass is 16.5. The number of hydrogen-bond acceptors (Lipinski definition) is 8. The Kier molecular flexibility index (Phi) is 4.86. The molecule has 0 N–H and O–H groups in total. The van der Waals surface area contributed by atoms with Crippen molar-refractivity contribution in [3.8, 4) is 45.9 Å². The molecule has 2 heterocycles. The predicted octanol–water partition coefficient (Wildman–Crippen LogP) is 3.32. The molecule has 4 rings (SSSR count). The monoisotopic (exact) mass is 393 g/mol. The van der Waals surface area contributed by atoms with Gasteiger partial charge in [0.2, 0.25) is 5.82 Å². The van der Waals surface area contributed by atoms with Crippen LogP contribution in [0.1, 0.15) is 5.69 Å². The first-order valence-corrected chi connectivity index (χ1v) is 8.77. The molecule has 9 heteroatoms. The van der Waals surface area contributed by atoms with Crippen LogP contribution in [0.4, 0.5) is 0 Å². The number of rotatable bonds is 6. The highest BCUT2D eigenvalue weighted by Gasteiger charge is 2.20. The lowest BCUT2D eigenvalue weighted by Crippen LogP contribution is -1.99. The average molecular weight is 393 g/mol. The number of benzene rings is 2. The fourth-order valence-corrected chi connectivity index (χ4v) is 2.93. The molecule has 148 valence electrons. The second-order valence-electron chi connectivity index (χ2n) is 6.13. The van der Waals surface area contributed by atoms with Gasteiger partial charge in [-0.3, -0.25) is 0 Å². The molecule has 0 amide bonds. The molecule has 4 aromatic rings. The lowest BCUT2D eigenvalue weighted by atomic mass is 10.2. The molecular weight excluding hydrogens is 374 g/mol. The first kappa shape index (κ1) is 18.5. The van der Waals surface area contributed by atoms with Crippen molar-refractivity contribution in [1.82, 2.24) is 25.1 Å². The zero-order valence-corrected chi connectivity index (χ0v) is 16.4. The summed E-state index contributed by atoms with van der Waals surface area (Å²) < 4.78 is 23.0. The van der Waals surface area contributed by atoms with Crippen molar-refractivity contribution < 1.29 is 18.7 Å². The fraction of sp³-hybridized carbons (Fsp3) is 0.200. The van der Waals surface area contributed by atoms with Crippen molar-refractivity contribution >= 4 is 0 Å². The van der Waals surface area contributed by atoms with E-state index in [1.54, 1.807) is 38.1 Å². The normalized spacial score (nSPS) is 10.8. The van der Waals surface area contributed by atoms with Gasteiger partial charge in [-0.1, -0.05) is 16.4 Å². The fourth-order valence-electron chi connectivity index (χ4n) is 2.93. The Morgan fingerprint density at radius 2 is 1.76 bits per heavy atom. The summed E-state index contributed by atoms with van der Waals surface area (Å²) in [5, 5.41) is 12.5. The molecule has 0 unspecified atom stereocenters. The molecule has 2 aromatic carbocycles. The van der Waals surface area contributed by atoms with Crippen LogP contribution in [0.2, 0.25) is 0 Å². The number of aromatic nitrogens is 5. The van der Waals surface area contributed by atoms with E-state index in [9.17, 15) is 0 Å². The van der Waals surface area contributed by atoms with E-state index in [-0.39, 0.29) is 5.89 Å². The minimum atomic E-state index is 0.279. The third-order valence-corrected chi connectivity index (χ3v) is 4.46. The molecule has 0 spiro atoms. The minimum Gasteiger partial charge on any atom is -0.497 e. The zero-order chi connectivity index (χ0) is 20.4. The van der Waals surface area contributed by atoms with E-state index < -0.39 is 0 Å². The molecule has 0 aliphatic rings. The standard InChI is InChI=1S/C20H19N5O4/c1-12-18(22-24-25(12)14-6-5-7-15(11-14)26-2)20-21-19(23-29-20)13-8-9-16(27-3)17(10-13)28-4/h5-11H,1-4H3. The summed E-state index contributed by atoms with van der Waals surface area (Å²) >= 11 is 0. The van der Waals surface area contributed by atoms with Gasteiger partial charge in [0, 0.05) is 11.6 Å². The van der Waals surface area contributed by atoms with Crippen LogP contribution in [0.25, 0.3) is 28.7 Å². The first-order chi connectivity index (χ1) is 14.1. The van der Waals surface area contributed by atoms with Crippen LogP contribution in [0.3, 0.4) is 0 Å². The van der Waals surface area contributed by atoms with Gasteiger partial charge in [0.15, 0.2) is 17.2 Å². The predicted molar refractivity (Wildman–Crippen MR) is 104 cm³/mol. The highest BCUT2D eigenvalue weighted by molar-refractivity contribution is 5.63. The summed E-state index contributed by atoms with van der Waals surface area (Å²) in [4.78, 5) is 4.47. The Hall–Kier alpha value is -3.88. The topological polar surface area (TPSA) is 97.3 Å². The average Bonchev–Trinajstić information content (AvgIpc) is 3.40. The first-order valence-electron chi connectivity index (χ1n) is 8.77. The van der Waals surface area contributed by atoms with Crippen molar-refractivity contribution in [1.29, 1.82) is 0 Å². The maximum Gasteiger partial charge on any atom is 0.280 e. The van der Waals surface area contributed by atoms with E-state index in [0.717, 1.165) is 22.7 Å². The van der Waals surface area contributed by atoms with Gasteiger partial charge in [-0.2, -0.15) is 4.98 Å². The molecule has 2 aromatic heterocycles.